The monoisotopic (exact) mass is 381 g/mol. The Bertz CT molecular complexity index is 635. The van der Waals surface area contributed by atoms with E-state index in [1.54, 1.807) is 0 Å². The summed E-state index contributed by atoms with van der Waals surface area (Å²) in [7, 11) is -2.30. The van der Waals surface area contributed by atoms with Crippen LogP contribution in [0.4, 0.5) is 26.3 Å². The Hall–Kier alpha value is -1.37. The molecule has 138 valence electrons. The highest BCUT2D eigenvalue weighted by Gasteiger charge is 2.38. The van der Waals surface area contributed by atoms with E-state index in [2.05, 4.69) is 9.47 Å². The predicted octanol–water partition coefficient (Wildman–Crippen LogP) is 2.62. The molecule has 1 rings (SSSR count). The first-order valence-corrected chi connectivity index (χ1v) is 7.64. The zero-order valence-corrected chi connectivity index (χ0v) is 13.1. The van der Waals surface area contributed by atoms with Gasteiger partial charge in [-0.1, -0.05) is 0 Å². The van der Waals surface area contributed by atoms with E-state index in [0.29, 0.717) is 0 Å². The van der Waals surface area contributed by atoms with E-state index in [0.717, 1.165) is 0 Å². The van der Waals surface area contributed by atoms with Gasteiger partial charge in [-0.15, -0.1) is 0 Å². The van der Waals surface area contributed by atoms with Crippen molar-refractivity contribution in [2.24, 2.45) is 0 Å². The molecule has 0 aliphatic rings. The van der Waals surface area contributed by atoms with E-state index in [-0.39, 0.29) is 18.2 Å². The molecular weight excluding hydrogens is 368 g/mol. The van der Waals surface area contributed by atoms with Crippen molar-refractivity contribution in [1.29, 1.82) is 0 Å². The maximum atomic E-state index is 12.7. The fourth-order valence-corrected chi connectivity index (χ4v) is 2.69. The second kappa shape index (κ2) is 7.25. The molecule has 1 N–H and O–H groups in total. The Kier molecular flexibility index (Phi) is 6.25. The predicted molar refractivity (Wildman–Crippen MR) is 69.4 cm³/mol. The molecule has 0 radical (unpaired) electrons. The van der Waals surface area contributed by atoms with Crippen LogP contribution in [0.2, 0.25) is 0 Å². The number of alkyl halides is 6. The van der Waals surface area contributed by atoms with E-state index < -0.39 is 51.2 Å². The van der Waals surface area contributed by atoms with Gasteiger partial charge in [-0.25, -0.2) is 13.1 Å². The third-order valence-electron chi connectivity index (χ3n) is 2.84. The van der Waals surface area contributed by atoms with Crippen LogP contribution in [0.1, 0.15) is 11.1 Å². The third-order valence-corrected chi connectivity index (χ3v) is 4.24. The van der Waals surface area contributed by atoms with Gasteiger partial charge >= 0.3 is 12.4 Å². The molecule has 0 aliphatic carbocycles. The molecule has 0 aliphatic heterocycles. The minimum atomic E-state index is -5.15. The number of sulfonamides is 1. The largest absolute Gasteiger partial charge is 0.416 e. The van der Waals surface area contributed by atoms with Gasteiger partial charge in [0.25, 0.3) is 0 Å². The van der Waals surface area contributed by atoms with Crippen LogP contribution in [0.25, 0.3) is 0 Å². The van der Waals surface area contributed by atoms with Gasteiger partial charge in [0.1, 0.15) is 0 Å². The number of ether oxygens (including phenoxy) is 2. The van der Waals surface area contributed by atoms with Crippen molar-refractivity contribution in [3.63, 3.8) is 0 Å². The summed E-state index contributed by atoms with van der Waals surface area (Å²) in [6, 6.07) is 0.0739. The van der Waals surface area contributed by atoms with Crippen LogP contribution in [0, 0.1) is 0 Å². The molecule has 24 heavy (non-hydrogen) atoms. The Morgan fingerprint density at radius 3 is 1.71 bits per heavy atom. The summed E-state index contributed by atoms with van der Waals surface area (Å²) >= 11 is 0. The lowest BCUT2D eigenvalue weighted by Gasteiger charge is -2.16. The van der Waals surface area contributed by atoms with Crippen molar-refractivity contribution in [1.82, 2.24) is 4.72 Å². The Balaban J connectivity index is 3.31. The van der Waals surface area contributed by atoms with E-state index in [4.69, 9.17) is 0 Å². The fraction of sp³-hybridized carbons (Fsp3) is 0.500. The zero-order valence-electron chi connectivity index (χ0n) is 12.3. The molecular formula is C12H13F6NO4S. The quantitative estimate of drug-likeness (QED) is 0.608. The van der Waals surface area contributed by atoms with Crippen molar-refractivity contribution in [2.75, 3.05) is 20.8 Å². The molecule has 1 aromatic carbocycles. The van der Waals surface area contributed by atoms with Gasteiger partial charge in [0, 0.05) is 14.2 Å². The highest BCUT2D eigenvalue weighted by molar-refractivity contribution is 7.89. The van der Waals surface area contributed by atoms with Crippen LogP contribution in [-0.4, -0.2) is 35.5 Å². The zero-order chi connectivity index (χ0) is 18.8. The average Bonchev–Trinajstić information content (AvgIpc) is 2.46. The lowest BCUT2D eigenvalue weighted by atomic mass is 10.1. The summed E-state index contributed by atoms with van der Waals surface area (Å²) in [4.78, 5) is -1.17. The van der Waals surface area contributed by atoms with Gasteiger partial charge in [0.05, 0.1) is 22.6 Å². The number of hydrogen-bond donors (Lipinski definition) is 1. The normalized spacial score (nSPS) is 13.5. The number of benzene rings is 1. The molecule has 0 spiro atoms. The summed E-state index contributed by atoms with van der Waals surface area (Å²) in [6.07, 6.45) is -11.4. The van der Waals surface area contributed by atoms with Gasteiger partial charge in [0.2, 0.25) is 10.0 Å². The van der Waals surface area contributed by atoms with E-state index in [1.807, 2.05) is 4.72 Å². The first-order chi connectivity index (χ1) is 10.8. The van der Waals surface area contributed by atoms with Gasteiger partial charge < -0.3 is 9.47 Å². The maximum absolute atomic E-state index is 12.7. The first-order valence-electron chi connectivity index (χ1n) is 6.16. The van der Waals surface area contributed by atoms with Gasteiger partial charge in [-0.3, -0.25) is 0 Å². The van der Waals surface area contributed by atoms with Crippen molar-refractivity contribution >= 4 is 10.0 Å². The van der Waals surface area contributed by atoms with Crippen LogP contribution < -0.4 is 4.72 Å². The molecule has 0 amide bonds. The Morgan fingerprint density at radius 2 is 1.38 bits per heavy atom. The number of nitrogens with one attached hydrogen (secondary N) is 1. The van der Waals surface area contributed by atoms with Crippen LogP contribution in [0.3, 0.4) is 0 Å². The average molecular weight is 381 g/mol. The maximum Gasteiger partial charge on any atom is 0.416 e. The molecule has 0 bridgehead atoms. The second-order valence-corrected chi connectivity index (χ2v) is 6.26. The molecule has 0 saturated heterocycles. The molecule has 12 heteroatoms. The van der Waals surface area contributed by atoms with Crippen molar-refractivity contribution in [2.45, 2.75) is 23.5 Å². The third kappa shape index (κ3) is 5.33. The Morgan fingerprint density at radius 1 is 0.958 bits per heavy atom. The molecule has 0 fully saturated rings. The lowest BCUT2D eigenvalue weighted by Crippen LogP contribution is -2.34. The summed E-state index contributed by atoms with van der Waals surface area (Å²) in [5, 5.41) is 0. The van der Waals surface area contributed by atoms with Crippen LogP contribution in [-0.2, 0) is 31.8 Å². The molecule has 0 atom stereocenters. The minimum Gasteiger partial charge on any atom is -0.355 e. The summed E-state index contributed by atoms with van der Waals surface area (Å²) < 4.78 is 111. The van der Waals surface area contributed by atoms with Crippen LogP contribution in [0.5, 0.6) is 0 Å². The highest BCUT2D eigenvalue weighted by atomic mass is 32.2. The van der Waals surface area contributed by atoms with E-state index in [1.165, 1.54) is 14.2 Å². The van der Waals surface area contributed by atoms with Crippen LogP contribution >= 0.6 is 0 Å². The topological polar surface area (TPSA) is 64.6 Å². The van der Waals surface area contributed by atoms with Gasteiger partial charge in [-0.05, 0) is 18.2 Å². The molecule has 0 unspecified atom stereocenters. The molecule has 1 aromatic rings. The summed E-state index contributed by atoms with van der Waals surface area (Å²) in [6.45, 7) is -0.507. The molecule has 0 heterocycles. The van der Waals surface area contributed by atoms with E-state index >= 15 is 0 Å². The highest BCUT2D eigenvalue weighted by Crippen LogP contribution is 2.37. The second-order valence-electron chi connectivity index (χ2n) is 4.49. The number of methoxy groups -OCH3 is 2. The smallest absolute Gasteiger partial charge is 0.355 e. The lowest BCUT2D eigenvalue weighted by molar-refractivity contribution is -0.143. The fourth-order valence-electron chi connectivity index (χ4n) is 1.61. The molecule has 0 saturated carbocycles. The van der Waals surface area contributed by atoms with Crippen LogP contribution in [0.15, 0.2) is 23.1 Å². The number of rotatable bonds is 6. The summed E-state index contributed by atoms with van der Waals surface area (Å²) in [5.41, 5.74) is -3.46. The standard InChI is InChI=1S/C12H13F6NO4S/c1-22-10(23-2)6-19-24(20,21)9-4-7(11(13,14)15)3-8(5-9)12(16,17)18/h3-5,10,19H,6H2,1-2H3. The number of hydrogen-bond acceptors (Lipinski definition) is 4. The van der Waals surface area contributed by atoms with Gasteiger partial charge in [-0.2, -0.15) is 26.3 Å². The first kappa shape index (κ1) is 20.7. The summed E-state index contributed by atoms with van der Waals surface area (Å²) in [5.74, 6) is 0. The van der Waals surface area contributed by atoms with Gasteiger partial charge in [0.15, 0.2) is 6.29 Å². The molecule has 5 nitrogen and oxygen atoms in total. The molecule has 0 aromatic heterocycles. The van der Waals surface area contributed by atoms with E-state index in [9.17, 15) is 34.8 Å². The Labute approximate surface area is 133 Å². The SMILES string of the molecule is COC(CNS(=O)(=O)c1cc(C(F)(F)F)cc(C(F)(F)F)c1)OC. The minimum absolute atomic E-state index is 0.117. The van der Waals surface area contributed by atoms with Crippen molar-refractivity contribution < 1.29 is 44.2 Å². The van der Waals surface area contributed by atoms with Crippen molar-refractivity contribution in [3.05, 3.63) is 29.3 Å². The number of halogens is 6. The van der Waals surface area contributed by atoms with Crippen molar-refractivity contribution in [3.8, 4) is 0 Å².